The lowest BCUT2D eigenvalue weighted by Gasteiger charge is -2.37. The molecule has 1 aliphatic heterocycles. The highest BCUT2D eigenvalue weighted by molar-refractivity contribution is 7.98. The van der Waals surface area contributed by atoms with Gasteiger partial charge in [-0.15, -0.1) is 11.8 Å². The Balaban J connectivity index is 1.39. The number of nitrogens with zero attached hydrogens (tertiary/aromatic N) is 2. The Morgan fingerprint density at radius 3 is 2.92 bits per heavy atom. The average Bonchev–Trinajstić information content (AvgIpc) is 3.02. The average molecular weight is 386 g/mol. The van der Waals surface area contributed by atoms with Crippen molar-refractivity contribution >= 4 is 50.0 Å². The molecule has 0 unspecified atom stereocenters. The topological polar surface area (TPSA) is 54.5 Å². The summed E-state index contributed by atoms with van der Waals surface area (Å²) in [7, 11) is 1.66. The number of rotatable bonds is 5. The van der Waals surface area contributed by atoms with Crippen molar-refractivity contribution in [3.63, 3.8) is 0 Å². The quantitative estimate of drug-likeness (QED) is 0.670. The molecule has 0 atom stereocenters. The van der Waals surface area contributed by atoms with Crippen LogP contribution in [0, 0.1) is 5.92 Å². The van der Waals surface area contributed by atoms with Crippen molar-refractivity contribution in [1.82, 2.24) is 4.98 Å². The Morgan fingerprint density at radius 2 is 2.15 bits per heavy atom. The molecule has 134 valence electrons. The Labute approximate surface area is 160 Å². The van der Waals surface area contributed by atoms with E-state index in [0.29, 0.717) is 13.1 Å². The summed E-state index contributed by atoms with van der Waals surface area (Å²) in [6.07, 6.45) is 2.03. The standard InChI is InChI=1S/C19H19N3O2S2/c1-24-14-6-7-16-17(9-14)26-19(21-16)22-10-12(11-22)18(23)20-13-4-3-5-15(8-13)25-2/h3-9,12H,10-11H2,1-2H3,(H,20,23). The number of hydrogen-bond acceptors (Lipinski definition) is 6. The predicted octanol–water partition coefficient (Wildman–Crippen LogP) is 4.10. The maximum absolute atomic E-state index is 12.4. The number of hydrogen-bond donors (Lipinski definition) is 1. The van der Waals surface area contributed by atoms with Gasteiger partial charge >= 0.3 is 0 Å². The van der Waals surface area contributed by atoms with Crippen LogP contribution in [0.2, 0.25) is 0 Å². The monoisotopic (exact) mass is 385 g/mol. The number of thioether (sulfide) groups is 1. The molecule has 0 saturated carbocycles. The Bertz CT molecular complexity index is 951. The molecular weight excluding hydrogens is 366 g/mol. The van der Waals surface area contributed by atoms with Crippen molar-refractivity contribution in [3.05, 3.63) is 42.5 Å². The summed E-state index contributed by atoms with van der Waals surface area (Å²) in [5.41, 5.74) is 1.82. The van der Waals surface area contributed by atoms with Crippen molar-refractivity contribution in [2.24, 2.45) is 5.92 Å². The second-order valence-electron chi connectivity index (χ2n) is 6.15. The maximum Gasteiger partial charge on any atom is 0.231 e. The smallest absolute Gasteiger partial charge is 0.231 e. The van der Waals surface area contributed by atoms with Crippen LogP contribution in [0.25, 0.3) is 10.2 Å². The molecule has 7 heteroatoms. The highest BCUT2D eigenvalue weighted by Crippen LogP contribution is 2.34. The van der Waals surface area contributed by atoms with Crippen LogP contribution in [0.3, 0.4) is 0 Å². The van der Waals surface area contributed by atoms with Gasteiger partial charge in [-0.2, -0.15) is 0 Å². The minimum absolute atomic E-state index is 0.00511. The van der Waals surface area contributed by atoms with Gasteiger partial charge in [0.25, 0.3) is 0 Å². The van der Waals surface area contributed by atoms with Crippen molar-refractivity contribution < 1.29 is 9.53 Å². The number of benzene rings is 2. The van der Waals surface area contributed by atoms with Crippen molar-refractivity contribution in [2.45, 2.75) is 4.90 Å². The van der Waals surface area contributed by atoms with Gasteiger partial charge in [0.05, 0.1) is 23.2 Å². The first-order chi connectivity index (χ1) is 12.7. The van der Waals surface area contributed by atoms with Crippen LogP contribution in [0.5, 0.6) is 5.75 Å². The molecule has 0 aliphatic carbocycles. The maximum atomic E-state index is 12.4. The summed E-state index contributed by atoms with van der Waals surface area (Å²) in [4.78, 5) is 20.4. The Morgan fingerprint density at radius 1 is 1.31 bits per heavy atom. The van der Waals surface area contributed by atoms with E-state index in [1.165, 1.54) is 0 Å². The number of amides is 1. The van der Waals surface area contributed by atoms with Crippen LogP contribution in [0.1, 0.15) is 0 Å². The van der Waals surface area contributed by atoms with Crippen molar-refractivity contribution in [2.75, 3.05) is 36.7 Å². The summed E-state index contributed by atoms with van der Waals surface area (Å²) >= 11 is 3.30. The van der Waals surface area contributed by atoms with E-state index in [-0.39, 0.29) is 11.8 Å². The second kappa shape index (κ2) is 7.17. The number of carbonyl (C=O) groups excluding carboxylic acids is 1. The molecule has 1 N–H and O–H groups in total. The third-order valence-electron chi connectivity index (χ3n) is 4.44. The SMILES string of the molecule is COc1ccc2nc(N3CC(C(=O)Nc4cccc(SC)c4)C3)sc2c1. The van der Waals surface area contributed by atoms with Crippen LogP contribution in [0.15, 0.2) is 47.4 Å². The molecule has 1 saturated heterocycles. The fourth-order valence-electron chi connectivity index (χ4n) is 2.90. The van der Waals surface area contributed by atoms with Gasteiger partial charge in [0, 0.05) is 23.7 Å². The van der Waals surface area contributed by atoms with Gasteiger partial charge < -0.3 is 15.0 Å². The number of nitrogens with one attached hydrogen (secondary N) is 1. The molecule has 4 rings (SSSR count). The minimum Gasteiger partial charge on any atom is -0.497 e. The first-order valence-electron chi connectivity index (χ1n) is 8.30. The first kappa shape index (κ1) is 17.2. The molecule has 0 bridgehead atoms. The summed E-state index contributed by atoms with van der Waals surface area (Å²) in [6.45, 7) is 1.40. The van der Waals surface area contributed by atoms with E-state index < -0.39 is 0 Å². The largest absolute Gasteiger partial charge is 0.497 e. The molecule has 5 nitrogen and oxygen atoms in total. The zero-order valence-electron chi connectivity index (χ0n) is 14.6. The number of thiazole rings is 1. The zero-order chi connectivity index (χ0) is 18.1. The number of ether oxygens (including phenoxy) is 1. The van der Waals surface area contributed by atoms with Crippen LogP contribution in [0.4, 0.5) is 10.8 Å². The van der Waals surface area contributed by atoms with Gasteiger partial charge in [-0.25, -0.2) is 4.98 Å². The van der Waals surface area contributed by atoms with E-state index >= 15 is 0 Å². The van der Waals surface area contributed by atoms with E-state index in [1.54, 1.807) is 30.2 Å². The number of carbonyl (C=O) groups is 1. The second-order valence-corrected chi connectivity index (χ2v) is 8.04. The van der Waals surface area contributed by atoms with Crippen LogP contribution >= 0.6 is 23.1 Å². The van der Waals surface area contributed by atoms with Crippen LogP contribution < -0.4 is 15.0 Å². The summed E-state index contributed by atoms with van der Waals surface area (Å²) in [5.74, 6) is 0.901. The molecule has 26 heavy (non-hydrogen) atoms. The van der Waals surface area contributed by atoms with Gasteiger partial charge in [-0.1, -0.05) is 17.4 Å². The predicted molar refractivity (Wildman–Crippen MR) is 109 cm³/mol. The number of anilines is 2. The molecule has 3 aromatic rings. The highest BCUT2D eigenvalue weighted by Gasteiger charge is 2.34. The molecule has 1 aromatic heterocycles. The minimum atomic E-state index is -0.00511. The van der Waals surface area contributed by atoms with Gasteiger partial charge in [0.15, 0.2) is 5.13 Å². The highest BCUT2D eigenvalue weighted by atomic mass is 32.2. The summed E-state index contributed by atoms with van der Waals surface area (Å²) in [6, 6.07) is 13.8. The zero-order valence-corrected chi connectivity index (χ0v) is 16.2. The third kappa shape index (κ3) is 3.37. The number of fused-ring (bicyclic) bond motifs is 1. The fourth-order valence-corrected chi connectivity index (χ4v) is 4.37. The van der Waals surface area contributed by atoms with Gasteiger partial charge in [-0.3, -0.25) is 4.79 Å². The van der Waals surface area contributed by atoms with E-state index in [9.17, 15) is 4.79 Å². The van der Waals surface area contributed by atoms with Gasteiger partial charge in [0.1, 0.15) is 5.75 Å². The number of methoxy groups -OCH3 is 1. The lowest BCUT2D eigenvalue weighted by atomic mass is 10.00. The lowest BCUT2D eigenvalue weighted by molar-refractivity contribution is -0.120. The van der Waals surface area contributed by atoms with Crippen molar-refractivity contribution in [1.29, 1.82) is 0 Å². The summed E-state index contributed by atoms with van der Waals surface area (Å²) in [5, 5.41) is 3.98. The molecule has 1 fully saturated rings. The van der Waals surface area contributed by atoms with E-state index in [1.807, 2.05) is 48.7 Å². The molecule has 2 heterocycles. The molecule has 2 aromatic carbocycles. The molecular formula is C19H19N3O2S2. The molecule has 1 amide bonds. The van der Waals surface area contributed by atoms with E-state index in [0.717, 1.165) is 31.7 Å². The van der Waals surface area contributed by atoms with E-state index in [4.69, 9.17) is 4.74 Å². The number of aromatic nitrogens is 1. The van der Waals surface area contributed by atoms with Crippen molar-refractivity contribution in [3.8, 4) is 5.75 Å². The third-order valence-corrected chi connectivity index (χ3v) is 6.25. The van der Waals surface area contributed by atoms with Gasteiger partial charge in [-0.05, 0) is 42.7 Å². The van der Waals surface area contributed by atoms with Crippen LogP contribution in [-0.2, 0) is 4.79 Å². The van der Waals surface area contributed by atoms with E-state index in [2.05, 4.69) is 15.2 Å². The fraction of sp³-hybridized carbons (Fsp3) is 0.263. The Hall–Kier alpha value is -2.25. The normalized spacial score (nSPS) is 14.3. The molecule has 0 spiro atoms. The summed E-state index contributed by atoms with van der Waals surface area (Å²) < 4.78 is 6.36. The Kier molecular flexibility index (Phi) is 4.74. The molecule has 1 aliphatic rings. The lowest BCUT2D eigenvalue weighted by Crippen LogP contribution is -2.52. The van der Waals surface area contributed by atoms with Crippen LogP contribution in [-0.4, -0.2) is 37.3 Å². The first-order valence-corrected chi connectivity index (χ1v) is 10.3. The molecule has 0 radical (unpaired) electrons. The van der Waals surface area contributed by atoms with Gasteiger partial charge in [0.2, 0.25) is 5.91 Å².